The summed E-state index contributed by atoms with van der Waals surface area (Å²) in [5.41, 5.74) is 2.97. The molecule has 1 saturated heterocycles. The van der Waals surface area contributed by atoms with Crippen LogP contribution in [0, 0.1) is 0 Å². The zero-order valence-corrected chi connectivity index (χ0v) is 18.8. The third-order valence-corrected chi connectivity index (χ3v) is 6.08. The number of ether oxygens (including phenoxy) is 2. The molecule has 5 nitrogen and oxygen atoms in total. The molecule has 3 aromatic carbocycles. The van der Waals surface area contributed by atoms with Gasteiger partial charge in [-0.3, -0.25) is 14.7 Å². The summed E-state index contributed by atoms with van der Waals surface area (Å²) in [6.45, 7) is 0.984. The number of amides is 1. The van der Waals surface area contributed by atoms with Crippen LogP contribution in [0.15, 0.2) is 88.8 Å². The molecule has 0 N–H and O–H groups in total. The van der Waals surface area contributed by atoms with E-state index in [2.05, 4.69) is 0 Å². The summed E-state index contributed by atoms with van der Waals surface area (Å²) in [5.74, 6) is 1.28. The smallest absolute Gasteiger partial charge is 0.267 e. The molecule has 0 aromatic heterocycles. The van der Waals surface area contributed by atoms with Gasteiger partial charge in [0.25, 0.3) is 5.91 Å². The standard InChI is InChI=1S/C26H24N2O3S/c1-30-22-14-13-21(23(16-22)31-2)15-24-25(29)28(18-20-11-7-4-8-12-20)26(32-24)27-17-19-9-5-3-6-10-19/h3-16H,17-18H2,1-2H3/b24-15-,27-26?. The molecular formula is C26H24N2O3S. The molecule has 1 fully saturated rings. The Labute approximate surface area is 192 Å². The van der Waals surface area contributed by atoms with E-state index in [0.717, 1.165) is 16.7 Å². The highest BCUT2D eigenvalue weighted by Crippen LogP contribution is 2.36. The van der Waals surface area contributed by atoms with E-state index in [-0.39, 0.29) is 5.91 Å². The van der Waals surface area contributed by atoms with E-state index >= 15 is 0 Å². The average molecular weight is 445 g/mol. The van der Waals surface area contributed by atoms with Gasteiger partial charge in [-0.2, -0.15) is 0 Å². The van der Waals surface area contributed by atoms with E-state index in [9.17, 15) is 4.79 Å². The van der Waals surface area contributed by atoms with Crippen LogP contribution in [0.25, 0.3) is 6.08 Å². The fourth-order valence-electron chi connectivity index (χ4n) is 3.35. The van der Waals surface area contributed by atoms with E-state index in [1.54, 1.807) is 19.1 Å². The molecular weight excluding hydrogens is 420 g/mol. The van der Waals surface area contributed by atoms with E-state index in [1.165, 1.54) is 11.8 Å². The Hall–Kier alpha value is -3.51. The van der Waals surface area contributed by atoms with E-state index in [0.29, 0.717) is 34.7 Å². The lowest BCUT2D eigenvalue weighted by Gasteiger charge is -2.15. The van der Waals surface area contributed by atoms with Gasteiger partial charge in [0.15, 0.2) is 5.17 Å². The van der Waals surface area contributed by atoms with Crippen molar-refractivity contribution >= 4 is 28.9 Å². The fourth-order valence-corrected chi connectivity index (χ4v) is 4.32. The number of benzene rings is 3. The number of methoxy groups -OCH3 is 2. The van der Waals surface area contributed by atoms with Crippen molar-refractivity contribution in [1.29, 1.82) is 0 Å². The molecule has 0 spiro atoms. The highest BCUT2D eigenvalue weighted by Gasteiger charge is 2.33. The molecule has 0 radical (unpaired) electrons. The van der Waals surface area contributed by atoms with Crippen molar-refractivity contribution in [3.63, 3.8) is 0 Å². The minimum absolute atomic E-state index is 0.0662. The molecule has 0 saturated carbocycles. The number of rotatable bonds is 7. The van der Waals surface area contributed by atoms with Crippen LogP contribution < -0.4 is 9.47 Å². The molecule has 1 heterocycles. The number of carbonyl (C=O) groups is 1. The second kappa shape index (κ2) is 10.2. The number of hydrogen-bond donors (Lipinski definition) is 0. The number of carbonyl (C=O) groups excluding carboxylic acids is 1. The largest absolute Gasteiger partial charge is 0.497 e. The maximum absolute atomic E-state index is 13.3. The molecule has 4 rings (SSSR count). The van der Waals surface area contributed by atoms with Crippen molar-refractivity contribution in [2.75, 3.05) is 14.2 Å². The highest BCUT2D eigenvalue weighted by molar-refractivity contribution is 8.18. The lowest BCUT2D eigenvalue weighted by molar-refractivity contribution is -0.122. The van der Waals surface area contributed by atoms with Crippen LogP contribution in [0.5, 0.6) is 11.5 Å². The predicted octanol–water partition coefficient (Wildman–Crippen LogP) is 5.38. The molecule has 0 unspecified atom stereocenters. The third kappa shape index (κ3) is 5.03. The van der Waals surface area contributed by atoms with Gasteiger partial charge in [-0.05, 0) is 41.1 Å². The van der Waals surface area contributed by atoms with Crippen molar-refractivity contribution in [2.45, 2.75) is 13.1 Å². The summed E-state index contributed by atoms with van der Waals surface area (Å²) in [4.78, 5) is 20.5. The first kappa shape index (κ1) is 21.7. The molecule has 1 aliphatic heterocycles. The number of nitrogens with zero attached hydrogens (tertiary/aromatic N) is 2. The van der Waals surface area contributed by atoms with Crippen LogP contribution in [0.2, 0.25) is 0 Å². The first-order valence-corrected chi connectivity index (χ1v) is 11.1. The quantitative estimate of drug-likeness (QED) is 0.459. The van der Waals surface area contributed by atoms with Crippen molar-refractivity contribution in [3.05, 3.63) is 100 Å². The molecule has 0 bridgehead atoms. The number of aliphatic imine (C=N–C) groups is 1. The molecule has 1 aliphatic rings. The van der Waals surface area contributed by atoms with Gasteiger partial charge in [0.05, 0.1) is 32.2 Å². The fraction of sp³-hybridized carbons (Fsp3) is 0.154. The molecule has 6 heteroatoms. The summed E-state index contributed by atoms with van der Waals surface area (Å²) in [6.07, 6.45) is 1.86. The van der Waals surface area contributed by atoms with Crippen LogP contribution in [-0.4, -0.2) is 30.2 Å². The van der Waals surface area contributed by atoms with Gasteiger partial charge in [-0.1, -0.05) is 60.7 Å². The Bertz CT molecular complexity index is 1140. The molecule has 3 aromatic rings. The number of thioether (sulfide) groups is 1. The number of hydrogen-bond acceptors (Lipinski definition) is 5. The van der Waals surface area contributed by atoms with Gasteiger partial charge in [0.1, 0.15) is 11.5 Å². The average Bonchev–Trinajstić information content (AvgIpc) is 3.13. The van der Waals surface area contributed by atoms with Gasteiger partial charge in [-0.25, -0.2) is 0 Å². The number of amidine groups is 1. The second-order valence-corrected chi connectivity index (χ2v) is 8.19. The minimum Gasteiger partial charge on any atom is -0.497 e. The summed E-state index contributed by atoms with van der Waals surface area (Å²) in [7, 11) is 3.22. The summed E-state index contributed by atoms with van der Waals surface area (Å²) >= 11 is 1.39. The Kier molecular flexibility index (Phi) is 6.92. The summed E-state index contributed by atoms with van der Waals surface area (Å²) in [5, 5.41) is 0.696. The van der Waals surface area contributed by atoms with Gasteiger partial charge in [0.2, 0.25) is 0 Å². The van der Waals surface area contributed by atoms with Crippen molar-refractivity contribution in [1.82, 2.24) is 4.90 Å². The lowest BCUT2D eigenvalue weighted by atomic mass is 10.1. The van der Waals surface area contributed by atoms with Gasteiger partial charge in [0, 0.05) is 11.6 Å². The molecule has 1 amide bonds. The van der Waals surface area contributed by atoms with Crippen molar-refractivity contribution in [3.8, 4) is 11.5 Å². The maximum atomic E-state index is 13.3. The van der Waals surface area contributed by atoms with Gasteiger partial charge >= 0.3 is 0 Å². The lowest BCUT2D eigenvalue weighted by Crippen LogP contribution is -2.28. The minimum atomic E-state index is -0.0662. The third-order valence-electron chi connectivity index (χ3n) is 5.04. The maximum Gasteiger partial charge on any atom is 0.267 e. The Morgan fingerprint density at radius 1 is 0.906 bits per heavy atom. The summed E-state index contributed by atoms with van der Waals surface area (Å²) < 4.78 is 10.8. The zero-order valence-electron chi connectivity index (χ0n) is 18.0. The zero-order chi connectivity index (χ0) is 22.3. The molecule has 0 aliphatic carbocycles. The molecule has 0 atom stereocenters. The Morgan fingerprint density at radius 2 is 1.59 bits per heavy atom. The van der Waals surface area contributed by atoms with Crippen LogP contribution in [0.3, 0.4) is 0 Å². The molecule has 32 heavy (non-hydrogen) atoms. The highest BCUT2D eigenvalue weighted by atomic mass is 32.2. The summed E-state index contributed by atoms with van der Waals surface area (Å²) in [6, 6.07) is 25.5. The van der Waals surface area contributed by atoms with Crippen molar-refractivity contribution in [2.24, 2.45) is 4.99 Å². The second-order valence-electron chi connectivity index (χ2n) is 7.18. The monoisotopic (exact) mass is 444 g/mol. The SMILES string of the molecule is COc1ccc(/C=C2\SC(=NCc3ccccc3)N(Cc3ccccc3)C2=O)c(OC)c1. The van der Waals surface area contributed by atoms with Crippen LogP contribution in [0.4, 0.5) is 0 Å². The van der Waals surface area contributed by atoms with Crippen LogP contribution >= 0.6 is 11.8 Å². The first-order valence-electron chi connectivity index (χ1n) is 10.2. The van der Waals surface area contributed by atoms with E-state index < -0.39 is 0 Å². The van der Waals surface area contributed by atoms with E-state index in [1.807, 2.05) is 84.9 Å². The Balaban J connectivity index is 1.66. The van der Waals surface area contributed by atoms with Gasteiger partial charge < -0.3 is 9.47 Å². The predicted molar refractivity (Wildman–Crippen MR) is 130 cm³/mol. The first-order chi connectivity index (χ1) is 15.7. The topological polar surface area (TPSA) is 51.1 Å². The van der Waals surface area contributed by atoms with Crippen LogP contribution in [-0.2, 0) is 17.9 Å². The van der Waals surface area contributed by atoms with Gasteiger partial charge in [-0.15, -0.1) is 0 Å². The Morgan fingerprint density at radius 3 is 2.25 bits per heavy atom. The van der Waals surface area contributed by atoms with Crippen LogP contribution in [0.1, 0.15) is 16.7 Å². The normalized spacial score (nSPS) is 16.1. The molecule has 162 valence electrons. The van der Waals surface area contributed by atoms with Crippen molar-refractivity contribution < 1.29 is 14.3 Å². The van der Waals surface area contributed by atoms with E-state index in [4.69, 9.17) is 14.5 Å².